The Morgan fingerprint density at radius 2 is 2.14 bits per heavy atom. The molecule has 1 aromatic heterocycles. The average Bonchev–Trinajstić information content (AvgIpc) is 3.39. The number of nitrogens with one attached hydrogen (secondary N) is 2. The van der Waals surface area contributed by atoms with Gasteiger partial charge in [0.1, 0.15) is 11.9 Å². The van der Waals surface area contributed by atoms with Crippen molar-refractivity contribution in [3.8, 4) is 0 Å². The van der Waals surface area contributed by atoms with Crippen molar-refractivity contribution in [2.75, 3.05) is 13.7 Å². The Hall–Kier alpha value is -3.35. The predicted octanol–water partition coefficient (Wildman–Crippen LogP) is 3.60. The van der Waals surface area contributed by atoms with E-state index in [2.05, 4.69) is 23.0 Å². The van der Waals surface area contributed by atoms with Gasteiger partial charge in [0.05, 0.1) is 24.5 Å². The number of aromatic nitrogens is 2. The van der Waals surface area contributed by atoms with Gasteiger partial charge < -0.3 is 19.9 Å². The molecule has 7 heteroatoms. The maximum absolute atomic E-state index is 13.5. The zero-order valence-corrected chi connectivity index (χ0v) is 16.4. The summed E-state index contributed by atoms with van der Waals surface area (Å²) in [7, 11) is 1.29. The molecule has 2 unspecified atom stereocenters. The highest BCUT2D eigenvalue weighted by Crippen LogP contribution is 2.35. The van der Waals surface area contributed by atoms with Crippen molar-refractivity contribution < 1.29 is 14.3 Å². The van der Waals surface area contributed by atoms with Crippen molar-refractivity contribution in [1.29, 1.82) is 0 Å². The third kappa shape index (κ3) is 3.68. The number of imidazole rings is 1. The monoisotopic (exact) mass is 392 g/mol. The number of methoxy groups -OCH3 is 1. The molecule has 0 radical (unpaired) electrons. The Bertz CT molecular complexity index is 964. The SMILES string of the molecule is C=C1CC=Cc2[nH]c(C3CCCN3C(=O)C(NC(=O)OC)c3ccccc3)nc21. The summed E-state index contributed by atoms with van der Waals surface area (Å²) in [4.78, 5) is 35.3. The van der Waals surface area contributed by atoms with Crippen LogP contribution in [0.5, 0.6) is 0 Å². The topological polar surface area (TPSA) is 87.3 Å². The van der Waals surface area contributed by atoms with Crippen LogP contribution in [0, 0.1) is 0 Å². The predicted molar refractivity (Wildman–Crippen MR) is 110 cm³/mol. The minimum atomic E-state index is -0.816. The second-order valence-electron chi connectivity index (χ2n) is 7.26. The molecule has 2 N–H and O–H groups in total. The molecule has 4 rings (SSSR count). The van der Waals surface area contributed by atoms with E-state index in [1.54, 1.807) is 4.90 Å². The van der Waals surface area contributed by atoms with Gasteiger partial charge in [-0.3, -0.25) is 4.79 Å². The molecule has 1 aliphatic carbocycles. The molecule has 2 amide bonds. The first kappa shape index (κ1) is 19.0. The van der Waals surface area contributed by atoms with Gasteiger partial charge in [-0.2, -0.15) is 0 Å². The number of rotatable bonds is 4. The Morgan fingerprint density at radius 1 is 1.34 bits per heavy atom. The molecule has 0 spiro atoms. The maximum atomic E-state index is 13.5. The van der Waals surface area contributed by atoms with E-state index in [-0.39, 0.29) is 11.9 Å². The number of alkyl carbamates (subject to hydrolysis) is 1. The van der Waals surface area contributed by atoms with Crippen LogP contribution >= 0.6 is 0 Å². The fourth-order valence-corrected chi connectivity index (χ4v) is 3.96. The number of hydrogen-bond acceptors (Lipinski definition) is 4. The summed E-state index contributed by atoms with van der Waals surface area (Å²) in [6.45, 7) is 4.69. The number of allylic oxidation sites excluding steroid dienone is 2. The third-order valence-electron chi connectivity index (χ3n) is 5.41. The van der Waals surface area contributed by atoms with E-state index < -0.39 is 12.1 Å². The van der Waals surface area contributed by atoms with E-state index in [0.29, 0.717) is 12.1 Å². The molecule has 1 saturated heterocycles. The van der Waals surface area contributed by atoms with Crippen molar-refractivity contribution in [2.24, 2.45) is 0 Å². The van der Waals surface area contributed by atoms with Crippen LogP contribution in [0.1, 0.15) is 54.1 Å². The first-order chi connectivity index (χ1) is 14.1. The summed E-state index contributed by atoms with van der Waals surface area (Å²) in [5.74, 6) is 0.589. The summed E-state index contributed by atoms with van der Waals surface area (Å²) in [6.07, 6.45) is 5.89. The first-order valence-electron chi connectivity index (χ1n) is 9.73. The second kappa shape index (κ2) is 7.95. The smallest absolute Gasteiger partial charge is 0.407 e. The standard InChI is InChI=1S/C22H24N4O3/c1-14-8-6-11-16-18(14)24-20(23-16)17-12-7-13-26(17)21(27)19(25-22(28)29-2)15-9-4-3-5-10-15/h3-6,9-11,17,19H,1,7-8,12-13H2,2H3,(H,23,24)(H,25,28). The zero-order valence-electron chi connectivity index (χ0n) is 16.4. The zero-order chi connectivity index (χ0) is 20.4. The molecule has 1 aliphatic heterocycles. The molecule has 0 saturated carbocycles. The van der Waals surface area contributed by atoms with Gasteiger partial charge in [-0.25, -0.2) is 9.78 Å². The van der Waals surface area contributed by atoms with Gasteiger partial charge in [0.25, 0.3) is 5.91 Å². The van der Waals surface area contributed by atoms with Crippen LogP contribution < -0.4 is 5.32 Å². The van der Waals surface area contributed by atoms with Crippen LogP contribution in [-0.2, 0) is 9.53 Å². The summed E-state index contributed by atoms with van der Waals surface area (Å²) in [5, 5.41) is 2.68. The van der Waals surface area contributed by atoms with Gasteiger partial charge in [0.15, 0.2) is 0 Å². The number of likely N-dealkylation sites (tertiary alicyclic amines) is 1. The quantitative estimate of drug-likeness (QED) is 0.832. The van der Waals surface area contributed by atoms with Crippen LogP contribution in [0.2, 0.25) is 0 Å². The second-order valence-corrected chi connectivity index (χ2v) is 7.26. The van der Waals surface area contributed by atoms with Gasteiger partial charge >= 0.3 is 6.09 Å². The number of nitrogens with zero attached hydrogens (tertiary/aromatic N) is 2. The molecule has 2 aromatic rings. The Balaban J connectivity index is 1.63. The largest absolute Gasteiger partial charge is 0.453 e. The van der Waals surface area contributed by atoms with E-state index in [9.17, 15) is 9.59 Å². The number of aromatic amines is 1. The number of benzene rings is 1. The molecule has 2 atom stereocenters. The number of fused-ring (bicyclic) bond motifs is 1. The summed E-state index contributed by atoms with van der Waals surface area (Å²) < 4.78 is 4.74. The number of carbonyl (C=O) groups is 2. The van der Waals surface area contributed by atoms with Gasteiger partial charge in [0, 0.05) is 6.54 Å². The minimum absolute atomic E-state index is 0.167. The Morgan fingerprint density at radius 3 is 2.86 bits per heavy atom. The molecule has 29 heavy (non-hydrogen) atoms. The maximum Gasteiger partial charge on any atom is 0.407 e. The third-order valence-corrected chi connectivity index (χ3v) is 5.41. The van der Waals surface area contributed by atoms with Crippen molar-refractivity contribution in [1.82, 2.24) is 20.2 Å². The van der Waals surface area contributed by atoms with Crippen LogP contribution in [0.25, 0.3) is 11.6 Å². The number of carbonyl (C=O) groups excluding carboxylic acids is 2. The average molecular weight is 392 g/mol. The summed E-state index contributed by atoms with van der Waals surface area (Å²) >= 11 is 0. The lowest BCUT2D eigenvalue weighted by Crippen LogP contribution is -2.42. The highest BCUT2D eigenvalue weighted by Gasteiger charge is 2.37. The van der Waals surface area contributed by atoms with Gasteiger partial charge in [0.2, 0.25) is 0 Å². The van der Waals surface area contributed by atoms with Crippen molar-refractivity contribution in [3.63, 3.8) is 0 Å². The highest BCUT2D eigenvalue weighted by atomic mass is 16.5. The Labute approximate surface area is 169 Å². The molecule has 7 nitrogen and oxygen atoms in total. The van der Waals surface area contributed by atoms with Gasteiger partial charge in [-0.05, 0) is 36.5 Å². The lowest BCUT2D eigenvalue weighted by Gasteiger charge is -2.28. The fraction of sp³-hybridized carbons (Fsp3) is 0.318. The van der Waals surface area contributed by atoms with E-state index in [0.717, 1.165) is 42.0 Å². The summed E-state index contributed by atoms with van der Waals surface area (Å²) in [6, 6.07) is 8.22. The first-order valence-corrected chi connectivity index (χ1v) is 9.73. The molecular formula is C22H24N4O3. The summed E-state index contributed by atoms with van der Waals surface area (Å²) in [5.41, 5.74) is 3.48. The van der Waals surface area contributed by atoms with Crippen LogP contribution in [0.15, 0.2) is 43.0 Å². The normalized spacial score (nSPS) is 19.0. The molecule has 150 valence electrons. The van der Waals surface area contributed by atoms with Gasteiger partial charge in [-0.15, -0.1) is 0 Å². The lowest BCUT2D eigenvalue weighted by molar-refractivity contribution is -0.134. The number of H-pyrrole nitrogens is 1. The molecule has 2 aliphatic rings. The van der Waals surface area contributed by atoms with Crippen LogP contribution in [-0.4, -0.2) is 40.5 Å². The fourth-order valence-electron chi connectivity index (χ4n) is 3.96. The van der Waals surface area contributed by atoms with E-state index in [4.69, 9.17) is 9.72 Å². The van der Waals surface area contributed by atoms with Gasteiger partial charge in [-0.1, -0.05) is 43.0 Å². The van der Waals surface area contributed by atoms with E-state index in [1.807, 2.05) is 36.4 Å². The number of hydrogen-bond donors (Lipinski definition) is 2. The molecule has 1 fully saturated rings. The van der Waals surface area contributed by atoms with E-state index >= 15 is 0 Å². The van der Waals surface area contributed by atoms with Crippen molar-refractivity contribution >= 4 is 23.6 Å². The minimum Gasteiger partial charge on any atom is -0.453 e. The van der Waals surface area contributed by atoms with Crippen molar-refractivity contribution in [2.45, 2.75) is 31.3 Å². The number of amides is 2. The van der Waals surface area contributed by atoms with Crippen molar-refractivity contribution in [3.05, 3.63) is 65.8 Å². The van der Waals surface area contributed by atoms with Crippen LogP contribution in [0.3, 0.4) is 0 Å². The molecule has 0 bridgehead atoms. The Kier molecular flexibility index (Phi) is 5.20. The molecule has 1 aromatic carbocycles. The number of ether oxygens (including phenoxy) is 1. The molecular weight excluding hydrogens is 368 g/mol. The molecule has 2 heterocycles. The van der Waals surface area contributed by atoms with Crippen LogP contribution in [0.4, 0.5) is 4.79 Å². The highest BCUT2D eigenvalue weighted by molar-refractivity contribution is 5.87. The lowest BCUT2D eigenvalue weighted by atomic mass is 10.0. The van der Waals surface area contributed by atoms with E-state index in [1.165, 1.54) is 7.11 Å².